The molecule has 1 aliphatic rings. The van der Waals surface area contributed by atoms with E-state index in [-0.39, 0.29) is 5.60 Å². The van der Waals surface area contributed by atoms with E-state index in [9.17, 15) is 5.11 Å². The van der Waals surface area contributed by atoms with Crippen LogP contribution in [0.3, 0.4) is 0 Å². The van der Waals surface area contributed by atoms with E-state index in [0.717, 1.165) is 25.7 Å². The van der Waals surface area contributed by atoms with Gasteiger partial charge in [-0.25, -0.2) is 0 Å². The summed E-state index contributed by atoms with van der Waals surface area (Å²) in [6, 6.07) is 0. The maximum Gasteiger partial charge on any atom is 0.0656 e. The molecule has 0 atom stereocenters. The number of hydrogen-bond acceptors (Lipinski definition) is 1. The summed E-state index contributed by atoms with van der Waals surface area (Å²) in [6.45, 7) is 1.85. The van der Waals surface area contributed by atoms with Crippen molar-refractivity contribution < 1.29 is 5.11 Å². The van der Waals surface area contributed by atoms with Crippen LogP contribution in [0.2, 0.25) is 0 Å². The van der Waals surface area contributed by atoms with E-state index in [0.29, 0.717) is 0 Å². The van der Waals surface area contributed by atoms with Crippen LogP contribution >= 0.6 is 0 Å². The van der Waals surface area contributed by atoms with Crippen molar-refractivity contribution in [3.63, 3.8) is 0 Å². The van der Waals surface area contributed by atoms with Gasteiger partial charge >= 0.3 is 0 Å². The third kappa shape index (κ3) is 2.55. The molecule has 1 heteroatoms. The lowest BCUT2D eigenvalue weighted by atomic mass is 9.96. The van der Waals surface area contributed by atoms with Gasteiger partial charge in [0.1, 0.15) is 0 Å². The Morgan fingerprint density at radius 2 is 2.00 bits per heavy atom. The predicted molar refractivity (Wildman–Crippen MR) is 46.1 cm³/mol. The fourth-order valence-corrected chi connectivity index (χ4v) is 1.70. The molecule has 0 radical (unpaired) electrons. The Hall–Kier alpha value is -0.480. The van der Waals surface area contributed by atoms with E-state index in [1.54, 1.807) is 0 Å². The van der Waals surface area contributed by atoms with Crippen molar-refractivity contribution in [3.05, 3.63) is 0 Å². The summed E-state index contributed by atoms with van der Waals surface area (Å²) in [5, 5.41) is 9.85. The molecule has 1 N–H and O–H groups in total. The first-order valence-electron chi connectivity index (χ1n) is 4.39. The minimum absolute atomic E-state index is 0.357. The molecular formula is C10H16O. The van der Waals surface area contributed by atoms with E-state index >= 15 is 0 Å². The largest absolute Gasteiger partial charge is 0.390 e. The van der Waals surface area contributed by atoms with E-state index in [2.05, 4.69) is 11.8 Å². The number of rotatable bonds is 2. The van der Waals surface area contributed by atoms with Gasteiger partial charge < -0.3 is 5.11 Å². The van der Waals surface area contributed by atoms with Crippen LogP contribution in [0.4, 0.5) is 0 Å². The van der Waals surface area contributed by atoms with Crippen LogP contribution in [0, 0.1) is 11.8 Å². The smallest absolute Gasteiger partial charge is 0.0656 e. The van der Waals surface area contributed by atoms with Crippen LogP contribution in [0.5, 0.6) is 0 Å². The van der Waals surface area contributed by atoms with Gasteiger partial charge in [0.25, 0.3) is 0 Å². The van der Waals surface area contributed by atoms with Crippen molar-refractivity contribution in [1.82, 2.24) is 0 Å². The second-order valence-corrected chi connectivity index (χ2v) is 3.36. The highest BCUT2D eigenvalue weighted by Gasteiger charge is 2.29. The Bertz CT molecular complexity index is 167. The number of aliphatic hydroxyl groups is 1. The molecule has 1 nitrogen and oxygen atoms in total. The van der Waals surface area contributed by atoms with Crippen LogP contribution in [0.15, 0.2) is 0 Å². The van der Waals surface area contributed by atoms with Crippen molar-refractivity contribution in [2.24, 2.45) is 0 Å². The fraction of sp³-hybridized carbons (Fsp3) is 0.800. The normalized spacial score (nSPS) is 20.9. The van der Waals surface area contributed by atoms with E-state index in [1.165, 1.54) is 12.8 Å². The third-order valence-electron chi connectivity index (χ3n) is 2.43. The van der Waals surface area contributed by atoms with Crippen molar-refractivity contribution in [2.45, 2.75) is 51.0 Å². The zero-order chi connectivity index (χ0) is 8.16. The van der Waals surface area contributed by atoms with E-state index < -0.39 is 0 Å². The Kier molecular flexibility index (Phi) is 2.96. The lowest BCUT2D eigenvalue weighted by Crippen LogP contribution is -2.23. The second-order valence-electron chi connectivity index (χ2n) is 3.36. The second kappa shape index (κ2) is 3.78. The maximum atomic E-state index is 9.85. The van der Waals surface area contributed by atoms with Crippen LogP contribution < -0.4 is 0 Å². The predicted octanol–water partition coefficient (Wildman–Crippen LogP) is 2.09. The molecule has 0 aromatic carbocycles. The summed E-state index contributed by atoms with van der Waals surface area (Å²) < 4.78 is 0. The van der Waals surface area contributed by atoms with E-state index in [4.69, 9.17) is 0 Å². The van der Waals surface area contributed by atoms with Crippen molar-refractivity contribution >= 4 is 0 Å². The van der Waals surface area contributed by atoms with Gasteiger partial charge in [-0.05, 0) is 26.2 Å². The molecule has 0 saturated heterocycles. The molecule has 1 rings (SSSR count). The Morgan fingerprint density at radius 3 is 2.55 bits per heavy atom. The Morgan fingerprint density at radius 1 is 1.36 bits per heavy atom. The van der Waals surface area contributed by atoms with Crippen molar-refractivity contribution in [3.8, 4) is 11.8 Å². The molecule has 0 heterocycles. The Labute approximate surface area is 68.8 Å². The average molecular weight is 152 g/mol. The van der Waals surface area contributed by atoms with Crippen molar-refractivity contribution in [1.29, 1.82) is 0 Å². The molecule has 0 aromatic rings. The summed E-state index contributed by atoms with van der Waals surface area (Å²) in [5.41, 5.74) is -0.357. The minimum atomic E-state index is -0.357. The van der Waals surface area contributed by atoms with Crippen LogP contribution in [0.1, 0.15) is 45.4 Å². The lowest BCUT2D eigenvalue weighted by molar-refractivity contribution is 0.0404. The molecule has 1 aliphatic carbocycles. The zero-order valence-electron chi connectivity index (χ0n) is 7.19. The highest BCUT2D eigenvalue weighted by molar-refractivity contribution is 4.97. The van der Waals surface area contributed by atoms with Gasteiger partial charge in [-0.2, -0.15) is 0 Å². The quantitative estimate of drug-likeness (QED) is 0.601. The van der Waals surface area contributed by atoms with Crippen molar-refractivity contribution in [2.75, 3.05) is 0 Å². The maximum absolute atomic E-state index is 9.85. The first-order valence-corrected chi connectivity index (χ1v) is 4.39. The summed E-state index contributed by atoms with van der Waals surface area (Å²) in [4.78, 5) is 0. The summed E-state index contributed by atoms with van der Waals surface area (Å²) in [5.74, 6) is 5.84. The SMILES string of the molecule is CC#CCCC1(O)CCCC1. The van der Waals surface area contributed by atoms with Gasteiger partial charge in [0.2, 0.25) is 0 Å². The minimum Gasteiger partial charge on any atom is -0.390 e. The van der Waals surface area contributed by atoms with Gasteiger partial charge in [0, 0.05) is 6.42 Å². The van der Waals surface area contributed by atoms with Gasteiger partial charge in [-0.15, -0.1) is 11.8 Å². The number of hydrogen-bond donors (Lipinski definition) is 1. The molecule has 0 unspecified atom stereocenters. The molecule has 1 saturated carbocycles. The summed E-state index contributed by atoms with van der Waals surface area (Å²) in [6.07, 6.45) is 6.07. The van der Waals surface area contributed by atoms with Crippen LogP contribution in [0.25, 0.3) is 0 Å². The fourth-order valence-electron chi connectivity index (χ4n) is 1.70. The highest BCUT2D eigenvalue weighted by atomic mass is 16.3. The average Bonchev–Trinajstić information content (AvgIpc) is 2.38. The van der Waals surface area contributed by atoms with Gasteiger partial charge in [-0.1, -0.05) is 12.8 Å². The van der Waals surface area contributed by atoms with Crippen LogP contribution in [-0.4, -0.2) is 10.7 Å². The lowest BCUT2D eigenvalue weighted by Gasteiger charge is -2.20. The first-order chi connectivity index (χ1) is 5.27. The first kappa shape index (κ1) is 8.62. The standard InChI is InChI=1S/C10H16O/c1-2-3-4-7-10(11)8-5-6-9-10/h11H,4-9H2,1H3. The van der Waals surface area contributed by atoms with Crippen LogP contribution in [-0.2, 0) is 0 Å². The van der Waals surface area contributed by atoms with Gasteiger partial charge in [-0.3, -0.25) is 0 Å². The topological polar surface area (TPSA) is 20.2 Å². The monoisotopic (exact) mass is 152 g/mol. The summed E-state index contributed by atoms with van der Waals surface area (Å²) in [7, 11) is 0. The molecule has 1 fully saturated rings. The molecule has 0 spiro atoms. The third-order valence-corrected chi connectivity index (χ3v) is 2.43. The summed E-state index contributed by atoms with van der Waals surface area (Å²) >= 11 is 0. The molecule has 11 heavy (non-hydrogen) atoms. The Balaban J connectivity index is 2.26. The van der Waals surface area contributed by atoms with Gasteiger partial charge in [0.05, 0.1) is 5.60 Å². The molecule has 62 valence electrons. The molecule has 0 bridgehead atoms. The van der Waals surface area contributed by atoms with E-state index in [1.807, 2.05) is 6.92 Å². The van der Waals surface area contributed by atoms with Gasteiger partial charge in [0.15, 0.2) is 0 Å². The molecule has 0 amide bonds. The molecular weight excluding hydrogens is 136 g/mol. The molecule has 0 aliphatic heterocycles. The zero-order valence-corrected chi connectivity index (χ0v) is 7.19. The highest BCUT2D eigenvalue weighted by Crippen LogP contribution is 2.32. The molecule has 0 aromatic heterocycles.